The van der Waals surface area contributed by atoms with E-state index in [4.69, 9.17) is 4.74 Å². The lowest BCUT2D eigenvalue weighted by atomic mass is 10.3. The minimum absolute atomic E-state index is 0.0363. The van der Waals surface area contributed by atoms with Gasteiger partial charge in [-0.2, -0.15) is 8.42 Å². The minimum Gasteiger partial charge on any atom is -0.439 e. The number of anilines is 1. The highest BCUT2D eigenvalue weighted by molar-refractivity contribution is 7.92. The molecule has 0 atom stereocenters. The number of hydrogen-bond acceptors (Lipinski definition) is 7. The van der Waals surface area contributed by atoms with E-state index in [9.17, 15) is 8.42 Å². The van der Waals surface area contributed by atoms with Crippen molar-refractivity contribution in [3.05, 3.63) is 67.4 Å². The molecule has 1 N–H and O–H groups in total. The van der Waals surface area contributed by atoms with Gasteiger partial charge in [0.15, 0.2) is 5.03 Å². The van der Waals surface area contributed by atoms with E-state index in [0.29, 0.717) is 29.0 Å². The third kappa shape index (κ3) is 4.09. The maximum Gasteiger partial charge on any atom is 0.280 e. The number of ether oxygens (including phenoxy) is 1. The van der Waals surface area contributed by atoms with Crippen LogP contribution in [0.25, 0.3) is 5.82 Å². The zero-order valence-electron chi connectivity index (χ0n) is 15.6. The first-order chi connectivity index (χ1) is 13.9. The highest BCUT2D eigenvalue weighted by atomic mass is 32.2. The Hall–Kier alpha value is -3.73. The Bertz CT molecular complexity index is 1210. The highest BCUT2D eigenvalue weighted by Gasteiger charge is 2.18. The van der Waals surface area contributed by atoms with Crippen LogP contribution in [0.1, 0.15) is 5.82 Å². The molecule has 0 saturated heterocycles. The number of aryl methyl sites for hydroxylation is 2. The molecule has 0 unspecified atom stereocenters. The Labute approximate surface area is 166 Å². The van der Waals surface area contributed by atoms with E-state index >= 15 is 0 Å². The van der Waals surface area contributed by atoms with Gasteiger partial charge in [0.05, 0.1) is 0 Å². The fourth-order valence-corrected chi connectivity index (χ4v) is 3.60. The number of benzene rings is 1. The largest absolute Gasteiger partial charge is 0.439 e. The molecule has 0 bridgehead atoms. The first-order valence-corrected chi connectivity index (χ1v) is 10.00. The zero-order valence-corrected chi connectivity index (χ0v) is 16.4. The van der Waals surface area contributed by atoms with Crippen LogP contribution in [0.4, 0.5) is 5.69 Å². The van der Waals surface area contributed by atoms with Crippen LogP contribution in [0.5, 0.6) is 11.6 Å². The van der Waals surface area contributed by atoms with Gasteiger partial charge in [-0.05, 0) is 31.2 Å². The number of rotatable bonds is 6. The summed E-state index contributed by atoms with van der Waals surface area (Å²) in [5.74, 6) is 2.06. The first-order valence-electron chi connectivity index (χ1n) is 8.52. The molecule has 0 aliphatic carbocycles. The van der Waals surface area contributed by atoms with Crippen LogP contribution < -0.4 is 9.46 Å². The quantitative estimate of drug-likeness (QED) is 0.517. The van der Waals surface area contributed by atoms with E-state index < -0.39 is 10.0 Å². The molecule has 0 radical (unpaired) electrons. The van der Waals surface area contributed by atoms with Crippen LogP contribution in [0.2, 0.25) is 0 Å². The molecule has 11 heteroatoms. The van der Waals surface area contributed by atoms with Crippen molar-refractivity contribution in [1.82, 2.24) is 29.1 Å². The Morgan fingerprint density at radius 1 is 1.14 bits per heavy atom. The second-order valence-electron chi connectivity index (χ2n) is 6.15. The average Bonchev–Trinajstić information content (AvgIpc) is 3.34. The molecule has 3 heterocycles. The molecule has 0 aliphatic heterocycles. The van der Waals surface area contributed by atoms with Gasteiger partial charge in [0, 0.05) is 37.4 Å². The molecule has 0 fully saturated rings. The molecule has 0 aliphatic rings. The van der Waals surface area contributed by atoms with Crippen molar-refractivity contribution in [3.8, 4) is 17.4 Å². The van der Waals surface area contributed by atoms with Crippen LogP contribution in [-0.4, -0.2) is 37.5 Å². The Kier molecular flexibility index (Phi) is 4.72. The summed E-state index contributed by atoms with van der Waals surface area (Å²) in [5.41, 5.74) is 0.391. The summed E-state index contributed by atoms with van der Waals surface area (Å²) in [4.78, 5) is 16.3. The number of aromatic nitrogens is 6. The lowest BCUT2D eigenvalue weighted by molar-refractivity contribution is 0.461. The smallest absolute Gasteiger partial charge is 0.280 e. The molecule has 4 aromatic rings. The minimum atomic E-state index is -3.77. The van der Waals surface area contributed by atoms with Crippen molar-refractivity contribution in [2.45, 2.75) is 11.9 Å². The fraction of sp³-hybridized carbons (Fsp3) is 0.111. The van der Waals surface area contributed by atoms with Crippen LogP contribution >= 0.6 is 0 Å². The van der Waals surface area contributed by atoms with Gasteiger partial charge in [0.1, 0.15) is 30.0 Å². The van der Waals surface area contributed by atoms with Crippen LogP contribution in [0.15, 0.2) is 66.6 Å². The average molecular weight is 411 g/mol. The second-order valence-corrected chi connectivity index (χ2v) is 7.78. The number of sulfonamides is 1. The second kappa shape index (κ2) is 7.36. The molecule has 29 heavy (non-hydrogen) atoms. The molecule has 0 saturated carbocycles. The zero-order chi connectivity index (χ0) is 20.4. The maximum atomic E-state index is 12.5. The molecule has 0 spiro atoms. The summed E-state index contributed by atoms with van der Waals surface area (Å²) in [6, 6.07) is 8.14. The third-order valence-electron chi connectivity index (χ3n) is 4.09. The van der Waals surface area contributed by atoms with E-state index in [1.54, 1.807) is 72.2 Å². The van der Waals surface area contributed by atoms with Gasteiger partial charge in [-0.25, -0.2) is 19.9 Å². The van der Waals surface area contributed by atoms with E-state index in [2.05, 4.69) is 24.7 Å². The van der Waals surface area contributed by atoms with Gasteiger partial charge in [-0.1, -0.05) is 0 Å². The number of hydrogen-bond donors (Lipinski definition) is 1. The third-order valence-corrected chi connectivity index (χ3v) is 5.34. The number of nitrogens with one attached hydrogen (secondary N) is 1. The van der Waals surface area contributed by atoms with Crippen molar-refractivity contribution in [2.75, 3.05) is 4.72 Å². The van der Waals surface area contributed by atoms with Crippen molar-refractivity contribution in [1.29, 1.82) is 0 Å². The molecule has 148 valence electrons. The van der Waals surface area contributed by atoms with Crippen LogP contribution in [-0.2, 0) is 17.1 Å². The SMILES string of the molecule is Cc1nc(S(=O)(=O)Nc2ccc(Oc3cc(-n4ccnc4)ncn3)cc2)cn1C. The summed E-state index contributed by atoms with van der Waals surface area (Å²) >= 11 is 0. The predicted molar refractivity (Wildman–Crippen MR) is 104 cm³/mol. The van der Waals surface area contributed by atoms with E-state index in [1.807, 2.05) is 0 Å². The topological polar surface area (TPSA) is 117 Å². The Morgan fingerprint density at radius 2 is 1.93 bits per heavy atom. The summed E-state index contributed by atoms with van der Waals surface area (Å²) in [6.07, 6.45) is 7.88. The van der Waals surface area contributed by atoms with Crippen molar-refractivity contribution < 1.29 is 13.2 Å². The fourth-order valence-electron chi connectivity index (χ4n) is 2.50. The summed E-state index contributed by atoms with van der Waals surface area (Å²) in [7, 11) is -2.03. The van der Waals surface area contributed by atoms with Gasteiger partial charge in [0.25, 0.3) is 10.0 Å². The molecule has 3 aromatic heterocycles. The lowest BCUT2D eigenvalue weighted by Gasteiger charge is -2.08. The van der Waals surface area contributed by atoms with Gasteiger partial charge >= 0.3 is 0 Å². The molecule has 10 nitrogen and oxygen atoms in total. The molecular formula is C18H17N7O3S. The van der Waals surface area contributed by atoms with E-state index in [1.165, 1.54) is 12.5 Å². The number of nitrogens with zero attached hydrogens (tertiary/aromatic N) is 6. The van der Waals surface area contributed by atoms with Crippen molar-refractivity contribution in [3.63, 3.8) is 0 Å². The number of imidazole rings is 2. The van der Waals surface area contributed by atoms with Gasteiger partial charge in [-0.15, -0.1) is 0 Å². The van der Waals surface area contributed by atoms with Gasteiger partial charge < -0.3 is 9.30 Å². The highest BCUT2D eigenvalue weighted by Crippen LogP contribution is 2.23. The van der Waals surface area contributed by atoms with E-state index in [0.717, 1.165) is 0 Å². The predicted octanol–water partition coefficient (Wildman–Crippen LogP) is 2.30. The Balaban J connectivity index is 1.48. The Morgan fingerprint density at radius 3 is 2.59 bits per heavy atom. The normalized spacial score (nSPS) is 11.4. The maximum absolute atomic E-state index is 12.5. The summed E-state index contributed by atoms with van der Waals surface area (Å²) < 4.78 is 36.5. The van der Waals surface area contributed by atoms with Gasteiger partial charge in [0.2, 0.25) is 5.88 Å². The van der Waals surface area contributed by atoms with Crippen LogP contribution in [0, 0.1) is 6.92 Å². The van der Waals surface area contributed by atoms with Crippen molar-refractivity contribution >= 4 is 15.7 Å². The van der Waals surface area contributed by atoms with Crippen LogP contribution in [0.3, 0.4) is 0 Å². The molecule has 4 rings (SSSR count). The molecular weight excluding hydrogens is 394 g/mol. The van der Waals surface area contributed by atoms with Crippen molar-refractivity contribution in [2.24, 2.45) is 7.05 Å². The monoisotopic (exact) mass is 411 g/mol. The summed E-state index contributed by atoms with van der Waals surface area (Å²) in [6.45, 7) is 1.73. The van der Waals surface area contributed by atoms with E-state index in [-0.39, 0.29) is 5.03 Å². The lowest BCUT2D eigenvalue weighted by Crippen LogP contribution is -2.13. The van der Waals surface area contributed by atoms with Gasteiger partial charge in [-0.3, -0.25) is 9.29 Å². The molecule has 1 aromatic carbocycles. The molecule has 0 amide bonds. The first kappa shape index (κ1) is 18.6. The summed E-state index contributed by atoms with van der Waals surface area (Å²) in [5, 5.41) is -0.0363. The standard InChI is InChI=1S/C18H17N7O3S/c1-13-22-18(10-24(13)2)29(26,27)23-14-3-5-15(6-4-14)28-17-9-16(20-11-21-17)25-8-7-19-12-25/h3-12,23H,1-2H3.